The Morgan fingerprint density at radius 2 is 0.462 bits per heavy atom. The quantitative estimate of drug-likeness (QED) is 0.186. The number of rotatable bonds is 4. The minimum absolute atomic E-state index is 0. The zero-order chi connectivity index (χ0) is 37.4. The molecule has 312 valence electrons. The largest absolute Gasteiger partial charge is 1.00 e. The van der Waals surface area contributed by atoms with E-state index in [2.05, 4.69) is 204 Å². The topological polar surface area (TPSA) is 108 Å². The number of nitrogens with zero attached hydrogens (tertiary/aromatic N) is 8. The third kappa shape index (κ3) is 20.0. The van der Waals surface area contributed by atoms with Crippen molar-refractivity contribution in [3.8, 4) is 0 Å². The van der Waals surface area contributed by atoms with Crippen LogP contribution in [0.3, 0.4) is 0 Å². The zero-order valence-corrected chi connectivity index (χ0v) is 39.2. The summed E-state index contributed by atoms with van der Waals surface area (Å²) in [7, 11) is 0. The van der Waals surface area contributed by atoms with Gasteiger partial charge in [0.2, 0.25) is 0 Å². The van der Waals surface area contributed by atoms with Crippen LogP contribution in [0.4, 0.5) is 0 Å². The fraction of sp³-hybridized carbons (Fsp3) is 0.700. The molecular weight excluding hydrogens is 847 g/mol. The van der Waals surface area contributed by atoms with E-state index in [0.29, 0.717) is 23.7 Å². The van der Waals surface area contributed by atoms with Crippen LogP contribution in [-0.4, -0.2) is 20.4 Å². The minimum atomic E-state index is 0. The number of hydrogen-bond acceptors (Lipinski definition) is 4. The third-order valence-electron chi connectivity index (χ3n) is 7.67. The van der Waals surface area contributed by atoms with E-state index in [4.69, 9.17) is 0 Å². The maximum absolute atomic E-state index is 4.16. The average molecular weight is 915 g/mol. The SMILES string of the molecule is CC(C)c1cc(C(C)(C)C)n[n-]1.CC(C)c1cc(C(C)(C)C)n[n-]1.CC(C)c1cc(C(C)(C)C)n[n-]1.CC(C)c1cc(C(C)(C)C)n[n-]1.[Cu+].[Cu+].[Cu+].[Cu+]. The van der Waals surface area contributed by atoms with Crippen molar-refractivity contribution in [3.05, 3.63) is 69.8 Å². The monoisotopic (exact) mass is 912 g/mol. The molecule has 0 aliphatic carbocycles. The van der Waals surface area contributed by atoms with Gasteiger partial charge in [-0.1, -0.05) is 163 Å². The second-order valence-corrected chi connectivity index (χ2v) is 18.2. The van der Waals surface area contributed by atoms with Gasteiger partial charge < -0.3 is 40.8 Å². The molecule has 0 atom stereocenters. The molecule has 0 saturated heterocycles. The van der Waals surface area contributed by atoms with E-state index in [0.717, 1.165) is 45.6 Å². The normalized spacial score (nSPS) is 11.5. The van der Waals surface area contributed by atoms with E-state index in [1.165, 1.54) is 0 Å². The Hall–Kier alpha value is -1.08. The molecule has 0 aromatic carbocycles. The Kier molecular flexibility index (Phi) is 26.3. The summed E-state index contributed by atoms with van der Waals surface area (Å²) >= 11 is 0. The summed E-state index contributed by atoms with van der Waals surface area (Å²) in [5, 5.41) is 33.2. The molecule has 52 heavy (non-hydrogen) atoms. The Balaban J connectivity index is -0.000000288. The molecule has 0 fully saturated rings. The van der Waals surface area contributed by atoms with Crippen LogP contribution in [0.5, 0.6) is 0 Å². The van der Waals surface area contributed by atoms with Crippen LogP contribution in [-0.2, 0) is 89.9 Å². The predicted octanol–water partition coefficient (Wildman–Crippen LogP) is 9.83. The summed E-state index contributed by atoms with van der Waals surface area (Å²) in [5.41, 5.74) is 9.25. The molecule has 4 aromatic heterocycles. The smallest absolute Gasteiger partial charge is 0.578 e. The van der Waals surface area contributed by atoms with Crippen LogP contribution in [0.1, 0.15) is 208 Å². The summed E-state index contributed by atoms with van der Waals surface area (Å²) in [5.74, 6) is 1.92. The Labute approximate surface area is 360 Å². The maximum atomic E-state index is 4.16. The van der Waals surface area contributed by atoms with E-state index in [-0.39, 0.29) is 89.9 Å². The van der Waals surface area contributed by atoms with Crippen LogP contribution >= 0.6 is 0 Å². The van der Waals surface area contributed by atoms with Gasteiger partial charge in [-0.05, 0) is 23.7 Å². The van der Waals surface area contributed by atoms with E-state index < -0.39 is 0 Å². The van der Waals surface area contributed by atoms with Crippen LogP contribution in [0, 0.1) is 0 Å². The van der Waals surface area contributed by atoms with Crippen molar-refractivity contribution < 1.29 is 68.3 Å². The van der Waals surface area contributed by atoms with Crippen molar-refractivity contribution in [2.24, 2.45) is 0 Å². The molecule has 0 amide bonds. The second-order valence-electron chi connectivity index (χ2n) is 18.2. The van der Waals surface area contributed by atoms with Gasteiger partial charge in [-0.3, -0.25) is 0 Å². The molecule has 4 heterocycles. The van der Waals surface area contributed by atoms with Crippen molar-refractivity contribution in [1.29, 1.82) is 0 Å². The van der Waals surface area contributed by atoms with Gasteiger partial charge in [-0.2, -0.15) is 0 Å². The molecule has 0 spiro atoms. The van der Waals surface area contributed by atoms with Gasteiger partial charge in [0.15, 0.2) is 0 Å². The first-order chi connectivity index (χ1) is 21.6. The van der Waals surface area contributed by atoms with Crippen molar-refractivity contribution in [2.75, 3.05) is 0 Å². The minimum Gasteiger partial charge on any atom is -0.578 e. The fourth-order valence-electron chi connectivity index (χ4n) is 3.83. The molecule has 0 bridgehead atoms. The summed E-state index contributed by atoms with van der Waals surface area (Å²) < 4.78 is 0. The average Bonchev–Trinajstić information content (AvgIpc) is 3.74. The van der Waals surface area contributed by atoms with Crippen LogP contribution < -0.4 is 20.4 Å². The predicted molar refractivity (Wildman–Crippen MR) is 201 cm³/mol. The van der Waals surface area contributed by atoms with E-state index in [9.17, 15) is 0 Å². The van der Waals surface area contributed by atoms with Crippen molar-refractivity contribution >= 4 is 0 Å². The van der Waals surface area contributed by atoms with Crippen LogP contribution in [0.15, 0.2) is 24.3 Å². The van der Waals surface area contributed by atoms with Crippen molar-refractivity contribution in [2.45, 2.75) is 184 Å². The van der Waals surface area contributed by atoms with Gasteiger partial charge in [0.25, 0.3) is 0 Å². The maximum Gasteiger partial charge on any atom is 1.00 e. The summed E-state index contributed by atoms with van der Waals surface area (Å²) in [6, 6.07) is 8.41. The molecule has 4 rings (SSSR count). The molecular formula is C40H68Cu4N8. The molecule has 0 aliphatic rings. The van der Waals surface area contributed by atoms with Gasteiger partial charge >= 0.3 is 68.3 Å². The van der Waals surface area contributed by atoms with E-state index in [1.54, 1.807) is 0 Å². The molecule has 0 radical (unpaired) electrons. The first-order valence-electron chi connectivity index (χ1n) is 17.7. The fourth-order valence-corrected chi connectivity index (χ4v) is 3.83. The van der Waals surface area contributed by atoms with E-state index >= 15 is 0 Å². The van der Waals surface area contributed by atoms with Gasteiger partial charge in [0, 0.05) is 44.4 Å². The standard InChI is InChI=1S/4C10H17N2.4Cu/c4*1-7(2)8-6-9(12-11-8)10(3,4)5;;;;/h4*6-7H,1-5H3;;;;/q4*-1;4*+1. The Bertz CT molecular complexity index is 1260. The molecule has 4 aromatic rings. The first-order valence-corrected chi connectivity index (χ1v) is 17.7. The summed E-state index contributed by atoms with van der Waals surface area (Å²) in [4.78, 5) is 0. The first kappa shape index (κ1) is 57.6. The number of aromatic nitrogens is 8. The molecule has 0 unspecified atom stereocenters. The Morgan fingerprint density at radius 1 is 0.327 bits per heavy atom. The van der Waals surface area contributed by atoms with Crippen molar-refractivity contribution in [1.82, 2.24) is 40.8 Å². The number of hydrogen-bond donors (Lipinski definition) is 0. The van der Waals surface area contributed by atoms with Gasteiger partial charge in [0.05, 0.1) is 0 Å². The van der Waals surface area contributed by atoms with Gasteiger partial charge in [-0.25, -0.2) is 0 Å². The van der Waals surface area contributed by atoms with Crippen LogP contribution in [0.25, 0.3) is 0 Å². The Morgan fingerprint density at radius 3 is 0.519 bits per heavy atom. The molecule has 12 heteroatoms. The summed E-state index contributed by atoms with van der Waals surface area (Å²) in [6.45, 7) is 42.9. The second kappa shape index (κ2) is 23.8. The summed E-state index contributed by atoms with van der Waals surface area (Å²) in [6.07, 6.45) is 0. The molecule has 0 aliphatic heterocycles. The third-order valence-corrected chi connectivity index (χ3v) is 7.67. The molecule has 0 N–H and O–H groups in total. The molecule has 8 nitrogen and oxygen atoms in total. The van der Waals surface area contributed by atoms with Crippen LogP contribution in [0.2, 0.25) is 0 Å². The van der Waals surface area contributed by atoms with Crippen molar-refractivity contribution in [3.63, 3.8) is 0 Å². The van der Waals surface area contributed by atoms with Gasteiger partial charge in [0.1, 0.15) is 0 Å². The zero-order valence-electron chi connectivity index (χ0n) is 35.4. The molecule has 0 saturated carbocycles. The van der Waals surface area contributed by atoms with Gasteiger partial charge in [-0.15, -0.1) is 22.8 Å². The van der Waals surface area contributed by atoms with E-state index in [1.807, 2.05) is 0 Å².